The van der Waals surface area contributed by atoms with Crippen LogP contribution in [-0.2, 0) is 15.3 Å². The third kappa shape index (κ3) is 4.20. The van der Waals surface area contributed by atoms with Crippen LogP contribution < -0.4 is 4.90 Å². The molecule has 0 bridgehead atoms. The second-order valence-electron chi connectivity index (χ2n) is 8.59. The summed E-state index contributed by atoms with van der Waals surface area (Å²) >= 11 is 10.9. The molecular formula is C25H24N2O3S3. The van der Waals surface area contributed by atoms with E-state index in [1.807, 2.05) is 6.08 Å². The van der Waals surface area contributed by atoms with Crippen molar-refractivity contribution in [1.82, 2.24) is 4.90 Å². The lowest BCUT2D eigenvalue weighted by molar-refractivity contribution is -0.137. The normalized spacial score (nSPS) is 22.9. The van der Waals surface area contributed by atoms with Crippen molar-refractivity contribution < 1.29 is 14.7 Å². The summed E-state index contributed by atoms with van der Waals surface area (Å²) < 4.78 is 0.417. The molecule has 2 heterocycles. The second kappa shape index (κ2) is 9.16. The van der Waals surface area contributed by atoms with Gasteiger partial charge in [-0.2, -0.15) is 12.6 Å². The van der Waals surface area contributed by atoms with E-state index in [0.717, 1.165) is 11.3 Å². The molecule has 2 unspecified atom stereocenters. The van der Waals surface area contributed by atoms with Gasteiger partial charge in [-0.1, -0.05) is 48.6 Å². The van der Waals surface area contributed by atoms with Gasteiger partial charge >= 0.3 is 5.97 Å². The summed E-state index contributed by atoms with van der Waals surface area (Å²) in [6.45, 7) is 0.103. The first-order chi connectivity index (χ1) is 16.0. The third-order valence-corrected chi connectivity index (χ3v) is 8.38. The zero-order valence-electron chi connectivity index (χ0n) is 17.9. The fourth-order valence-electron chi connectivity index (χ4n) is 5.11. The molecule has 5 nitrogen and oxygen atoms in total. The van der Waals surface area contributed by atoms with Crippen LogP contribution in [0.3, 0.4) is 0 Å². The number of thioether (sulfide) groups is 1. The van der Waals surface area contributed by atoms with Crippen molar-refractivity contribution in [3.8, 4) is 0 Å². The number of aliphatic carboxylic acids is 1. The first-order valence-corrected chi connectivity index (χ1v) is 12.9. The Morgan fingerprint density at radius 3 is 2.73 bits per heavy atom. The van der Waals surface area contributed by atoms with E-state index in [-0.39, 0.29) is 18.9 Å². The molecule has 8 heteroatoms. The number of anilines is 2. The molecule has 1 amide bonds. The topological polar surface area (TPSA) is 60.9 Å². The fourth-order valence-corrected chi connectivity index (χ4v) is 6.63. The van der Waals surface area contributed by atoms with Gasteiger partial charge in [-0.3, -0.25) is 14.5 Å². The summed E-state index contributed by atoms with van der Waals surface area (Å²) in [4.78, 5) is 28.1. The van der Waals surface area contributed by atoms with E-state index in [1.165, 1.54) is 58.4 Å². The number of carbonyl (C=O) groups excluding carboxylic acids is 1. The summed E-state index contributed by atoms with van der Waals surface area (Å²) in [6, 6.07) is 15.6. The number of nitrogens with zero attached hydrogens (tertiary/aromatic N) is 2. The molecule has 2 fully saturated rings. The van der Waals surface area contributed by atoms with Gasteiger partial charge in [-0.05, 0) is 59.9 Å². The molecule has 0 radical (unpaired) electrons. The molecule has 0 spiro atoms. The van der Waals surface area contributed by atoms with E-state index in [1.54, 1.807) is 0 Å². The van der Waals surface area contributed by atoms with Gasteiger partial charge in [0, 0.05) is 35.6 Å². The molecule has 2 aromatic carbocycles. The zero-order valence-corrected chi connectivity index (χ0v) is 20.5. The van der Waals surface area contributed by atoms with Crippen molar-refractivity contribution in [3.63, 3.8) is 0 Å². The van der Waals surface area contributed by atoms with Gasteiger partial charge < -0.3 is 10.0 Å². The van der Waals surface area contributed by atoms with Crippen LogP contribution in [0.4, 0.5) is 11.4 Å². The van der Waals surface area contributed by atoms with Crippen molar-refractivity contribution in [2.75, 3.05) is 11.4 Å². The predicted molar refractivity (Wildman–Crippen MR) is 140 cm³/mol. The Bertz CT molecular complexity index is 1160. The van der Waals surface area contributed by atoms with Crippen LogP contribution in [0.1, 0.15) is 48.3 Å². The number of thiocarbonyl (C=S) groups is 1. The molecule has 1 aliphatic carbocycles. The molecule has 0 aromatic heterocycles. The average molecular weight is 497 g/mol. The van der Waals surface area contributed by atoms with E-state index < -0.39 is 5.97 Å². The maximum Gasteiger partial charge on any atom is 0.305 e. The smallest absolute Gasteiger partial charge is 0.305 e. The van der Waals surface area contributed by atoms with Gasteiger partial charge in [0.05, 0.1) is 11.3 Å². The summed E-state index contributed by atoms with van der Waals surface area (Å²) in [5.41, 5.74) is 5.98. The molecule has 33 heavy (non-hydrogen) atoms. The highest BCUT2D eigenvalue weighted by molar-refractivity contribution is 8.26. The van der Waals surface area contributed by atoms with E-state index in [2.05, 4.69) is 60.0 Å². The number of carboxylic acids is 1. The van der Waals surface area contributed by atoms with Crippen molar-refractivity contribution in [2.24, 2.45) is 0 Å². The zero-order chi connectivity index (χ0) is 23.1. The fraction of sp³-hybridized carbons (Fsp3) is 0.320. The van der Waals surface area contributed by atoms with Gasteiger partial charge in [0.1, 0.15) is 4.32 Å². The number of carbonyl (C=O) groups is 2. The van der Waals surface area contributed by atoms with E-state index in [0.29, 0.717) is 21.2 Å². The molecule has 2 atom stereocenters. The quantitative estimate of drug-likeness (QED) is 0.309. The summed E-state index contributed by atoms with van der Waals surface area (Å²) in [6.07, 6.45) is 5.32. The second-order valence-corrected chi connectivity index (χ2v) is 10.6. The van der Waals surface area contributed by atoms with Crippen molar-refractivity contribution >= 4 is 70.3 Å². The first-order valence-electron chi connectivity index (χ1n) is 11.1. The minimum absolute atomic E-state index is 0.103. The van der Waals surface area contributed by atoms with Crippen LogP contribution in [0.15, 0.2) is 47.4 Å². The molecular weight excluding hydrogens is 472 g/mol. The van der Waals surface area contributed by atoms with Gasteiger partial charge in [-0.15, -0.1) is 0 Å². The lowest BCUT2D eigenvalue weighted by Gasteiger charge is -2.27. The summed E-state index contributed by atoms with van der Waals surface area (Å²) in [5.74, 6) is 0.0662. The van der Waals surface area contributed by atoms with Gasteiger partial charge in [-0.25, -0.2) is 0 Å². The molecule has 1 saturated heterocycles. The van der Waals surface area contributed by atoms with Crippen LogP contribution in [-0.4, -0.2) is 38.8 Å². The van der Waals surface area contributed by atoms with E-state index >= 15 is 0 Å². The number of amides is 1. The number of carboxylic acid groups (broad SMARTS) is 1. The number of fused-ring (bicyclic) bond motifs is 3. The molecule has 3 aliphatic rings. The monoisotopic (exact) mass is 496 g/mol. The highest BCUT2D eigenvalue weighted by Crippen LogP contribution is 2.52. The number of hydrogen-bond acceptors (Lipinski definition) is 6. The molecule has 5 rings (SSSR count). The van der Waals surface area contributed by atoms with Gasteiger partial charge in [0.15, 0.2) is 0 Å². The Morgan fingerprint density at radius 1 is 1.21 bits per heavy atom. The Balaban J connectivity index is 1.44. The third-order valence-electron chi connectivity index (χ3n) is 6.64. The van der Waals surface area contributed by atoms with E-state index in [4.69, 9.17) is 17.3 Å². The number of hydrogen-bond donors (Lipinski definition) is 2. The van der Waals surface area contributed by atoms with Crippen LogP contribution in [0.25, 0.3) is 6.08 Å². The largest absolute Gasteiger partial charge is 0.481 e. The minimum atomic E-state index is -0.942. The standard InChI is InChI=1S/C25H24N2O3S3/c28-23(29)10-11-26-24(30)22(33-25(26)32)13-16-6-9-21-19(12-16)18-2-1-3-20(18)27(21)17-7-4-15(14-31)5-8-17/h4-9,12-13,18,20,31H,1-3,10-11,14H2,(H,28,29)/b22-13+. The summed E-state index contributed by atoms with van der Waals surface area (Å²) in [7, 11) is 0. The average Bonchev–Trinajstić information content (AvgIpc) is 3.46. The molecule has 2 aliphatic heterocycles. The maximum atomic E-state index is 12.8. The maximum absolute atomic E-state index is 12.8. The lowest BCUT2D eigenvalue weighted by Crippen LogP contribution is -2.30. The molecule has 2 aromatic rings. The lowest BCUT2D eigenvalue weighted by atomic mass is 9.96. The summed E-state index contributed by atoms with van der Waals surface area (Å²) in [5, 5.41) is 8.93. The Morgan fingerprint density at radius 2 is 2.00 bits per heavy atom. The van der Waals surface area contributed by atoms with Crippen molar-refractivity contribution in [3.05, 3.63) is 64.1 Å². The van der Waals surface area contributed by atoms with Crippen LogP contribution >= 0.6 is 36.6 Å². The highest BCUT2D eigenvalue weighted by Gasteiger charge is 2.42. The highest BCUT2D eigenvalue weighted by atomic mass is 32.2. The van der Waals surface area contributed by atoms with Gasteiger partial charge in [0.2, 0.25) is 0 Å². The van der Waals surface area contributed by atoms with Gasteiger partial charge in [0.25, 0.3) is 5.91 Å². The number of thiol groups is 1. The van der Waals surface area contributed by atoms with Crippen molar-refractivity contribution in [1.29, 1.82) is 0 Å². The first kappa shape index (κ1) is 22.5. The number of rotatable bonds is 6. The predicted octanol–water partition coefficient (Wildman–Crippen LogP) is 5.58. The van der Waals surface area contributed by atoms with Crippen LogP contribution in [0.5, 0.6) is 0 Å². The molecule has 170 valence electrons. The van der Waals surface area contributed by atoms with E-state index in [9.17, 15) is 9.59 Å². The SMILES string of the molecule is O=C(O)CCN1C(=O)/C(=C\c2ccc3c(c2)C2CCCC2N3c2ccc(CS)cc2)SC1=S. The Labute approximate surface area is 208 Å². The van der Waals surface area contributed by atoms with Crippen molar-refractivity contribution in [2.45, 2.75) is 43.4 Å². The number of benzene rings is 2. The molecule has 1 saturated carbocycles. The Hall–Kier alpha value is -2.29. The molecule has 1 N–H and O–H groups in total. The Kier molecular flexibility index (Phi) is 6.24. The minimum Gasteiger partial charge on any atom is -0.481 e. The van der Waals surface area contributed by atoms with Crippen LogP contribution in [0.2, 0.25) is 0 Å². The van der Waals surface area contributed by atoms with Crippen LogP contribution in [0, 0.1) is 0 Å².